The first-order valence-corrected chi connectivity index (χ1v) is 9.21. The van der Waals surface area contributed by atoms with Gasteiger partial charge in [0.1, 0.15) is 0 Å². The lowest BCUT2D eigenvalue weighted by Crippen LogP contribution is -2.42. The van der Waals surface area contributed by atoms with Crippen molar-refractivity contribution < 1.29 is 8.42 Å². The van der Waals surface area contributed by atoms with E-state index in [0.29, 0.717) is 10.8 Å². The molecule has 0 aromatic heterocycles. The zero-order valence-electron chi connectivity index (χ0n) is 11.5. The molecule has 0 saturated heterocycles. The van der Waals surface area contributed by atoms with Crippen LogP contribution in [0.5, 0.6) is 0 Å². The fraction of sp³-hybridized carbons (Fsp3) is 0.625. The van der Waals surface area contributed by atoms with Gasteiger partial charge in [-0.2, -0.15) is 0 Å². The summed E-state index contributed by atoms with van der Waals surface area (Å²) in [4.78, 5) is 0.394. The van der Waals surface area contributed by atoms with Crippen molar-refractivity contribution >= 4 is 10.0 Å². The third-order valence-corrected chi connectivity index (χ3v) is 7.29. The zero-order valence-corrected chi connectivity index (χ0v) is 12.4. The second-order valence-corrected chi connectivity index (χ2v) is 8.41. The van der Waals surface area contributed by atoms with Crippen molar-refractivity contribution in [1.82, 2.24) is 4.72 Å². The number of hydrogen-bond acceptors (Lipinski definition) is 2. The highest BCUT2D eigenvalue weighted by Gasteiger charge is 2.54. The quantitative estimate of drug-likeness (QED) is 0.931. The second-order valence-electron chi connectivity index (χ2n) is 6.69. The van der Waals surface area contributed by atoms with E-state index < -0.39 is 10.0 Å². The molecule has 4 rings (SSSR count). The minimum atomic E-state index is -3.34. The fourth-order valence-electron chi connectivity index (χ4n) is 5.07. The summed E-state index contributed by atoms with van der Waals surface area (Å²) in [5, 5.41) is 0. The Morgan fingerprint density at radius 1 is 0.950 bits per heavy atom. The first-order chi connectivity index (χ1) is 9.65. The Hall–Kier alpha value is -0.870. The number of sulfonamides is 1. The molecule has 4 heteroatoms. The van der Waals surface area contributed by atoms with Crippen LogP contribution in [0.15, 0.2) is 35.2 Å². The van der Waals surface area contributed by atoms with Gasteiger partial charge in [-0.1, -0.05) is 24.6 Å². The third kappa shape index (κ3) is 1.92. The van der Waals surface area contributed by atoms with E-state index in [2.05, 4.69) is 4.72 Å². The van der Waals surface area contributed by atoms with Crippen molar-refractivity contribution in [2.75, 3.05) is 0 Å². The molecule has 108 valence electrons. The Bertz CT molecular complexity index is 598. The van der Waals surface area contributed by atoms with Crippen LogP contribution in [0.1, 0.15) is 32.1 Å². The molecule has 2 bridgehead atoms. The smallest absolute Gasteiger partial charge is 0.208 e. The lowest BCUT2D eigenvalue weighted by molar-refractivity contribution is 0.224. The van der Waals surface area contributed by atoms with Crippen LogP contribution in [-0.4, -0.2) is 14.5 Å². The minimum Gasteiger partial charge on any atom is -0.208 e. The number of rotatable bonds is 3. The molecule has 1 aromatic rings. The molecule has 3 fully saturated rings. The second kappa shape index (κ2) is 4.57. The van der Waals surface area contributed by atoms with Crippen LogP contribution in [0.25, 0.3) is 0 Å². The summed E-state index contributed by atoms with van der Waals surface area (Å²) in [6.07, 6.45) is 6.34. The Morgan fingerprint density at radius 3 is 2.50 bits per heavy atom. The maximum Gasteiger partial charge on any atom is 0.240 e. The lowest BCUT2D eigenvalue weighted by Gasteiger charge is -2.31. The molecule has 0 aliphatic heterocycles. The summed E-state index contributed by atoms with van der Waals surface area (Å²) < 4.78 is 27.9. The normalized spacial score (nSPS) is 39.1. The molecule has 0 heterocycles. The largest absolute Gasteiger partial charge is 0.240 e. The molecule has 1 N–H and O–H groups in total. The van der Waals surface area contributed by atoms with Gasteiger partial charge in [0, 0.05) is 6.04 Å². The molecule has 3 nitrogen and oxygen atoms in total. The highest BCUT2D eigenvalue weighted by Crippen LogP contribution is 2.58. The van der Waals surface area contributed by atoms with E-state index >= 15 is 0 Å². The molecule has 3 saturated carbocycles. The average Bonchev–Trinajstić information content (AvgIpc) is 3.10. The van der Waals surface area contributed by atoms with E-state index in [0.717, 1.165) is 24.2 Å². The number of fused-ring (bicyclic) bond motifs is 5. The molecule has 5 atom stereocenters. The topological polar surface area (TPSA) is 46.2 Å². The summed E-state index contributed by atoms with van der Waals surface area (Å²) >= 11 is 0. The summed E-state index contributed by atoms with van der Waals surface area (Å²) in [5.41, 5.74) is 0. The Balaban J connectivity index is 1.53. The van der Waals surface area contributed by atoms with Crippen LogP contribution >= 0.6 is 0 Å². The van der Waals surface area contributed by atoms with Crippen LogP contribution in [0.2, 0.25) is 0 Å². The molecule has 0 spiro atoms. The molecule has 3 aliphatic carbocycles. The van der Waals surface area contributed by atoms with Crippen LogP contribution in [0, 0.1) is 23.7 Å². The Morgan fingerprint density at radius 2 is 1.70 bits per heavy atom. The molecule has 5 unspecified atom stereocenters. The molecular weight excluding hydrogens is 270 g/mol. The molecule has 0 amide bonds. The summed E-state index contributed by atoms with van der Waals surface area (Å²) in [6.45, 7) is 0. The van der Waals surface area contributed by atoms with Crippen molar-refractivity contribution in [3.63, 3.8) is 0 Å². The van der Waals surface area contributed by atoms with Crippen molar-refractivity contribution in [2.45, 2.75) is 43.0 Å². The van der Waals surface area contributed by atoms with Gasteiger partial charge in [0.05, 0.1) is 4.90 Å². The van der Waals surface area contributed by atoms with Gasteiger partial charge in [0.25, 0.3) is 0 Å². The van der Waals surface area contributed by atoms with E-state index in [1.807, 2.05) is 6.07 Å². The van der Waals surface area contributed by atoms with Crippen LogP contribution in [0.3, 0.4) is 0 Å². The highest BCUT2D eigenvalue weighted by atomic mass is 32.2. The van der Waals surface area contributed by atoms with E-state index in [4.69, 9.17) is 0 Å². The SMILES string of the molecule is O=S(=O)(NC1CC2CC1C1CCCC21)c1ccccc1. The molecular formula is C16H21NO2S. The van der Waals surface area contributed by atoms with Gasteiger partial charge in [-0.05, 0) is 61.5 Å². The summed E-state index contributed by atoms with van der Waals surface area (Å²) in [6, 6.07) is 8.93. The van der Waals surface area contributed by atoms with Crippen molar-refractivity contribution in [2.24, 2.45) is 23.7 Å². The maximum absolute atomic E-state index is 12.4. The number of nitrogens with one attached hydrogen (secondary N) is 1. The molecule has 0 radical (unpaired) electrons. The minimum absolute atomic E-state index is 0.171. The predicted molar refractivity (Wildman–Crippen MR) is 77.6 cm³/mol. The van der Waals surface area contributed by atoms with Gasteiger partial charge in [0.2, 0.25) is 10.0 Å². The Kier molecular flexibility index (Phi) is 2.93. The number of hydrogen-bond donors (Lipinski definition) is 1. The molecule has 3 aliphatic rings. The summed E-state index contributed by atoms with van der Waals surface area (Å²) in [7, 11) is -3.34. The van der Waals surface area contributed by atoms with Gasteiger partial charge in [-0.15, -0.1) is 0 Å². The zero-order chi connectivity index (χ0) is 13.7. The van der Waals surface area contributed by atoms with Gasteiger partial charge >= 0.3 is 0 Å². The number of benzene rings is 1. The van der Waals surface area contributed by atoms with Gasteiger partial charge in [0.15, 0.2) is 0 Å². The van der Waals surface area contributed by atoms with E-state index in [9.17, 15) is 8.42 Å². The Labute approximate surface area is 120 Å². The monoisotopic (exact) mass is 291 g/mol. The van der Waals surface area contributed by atoms with E-state index in [1.54, 1.807) is 24.3 Å². The van der Waals surface area contributed by atoms with Crippen LogP contribution in [-0.2, 0) is 10.0 Å². The van der Waals surface area contributed by atoms with Gasteiger partial charge in [-0.3, -0.25) is 0 Å². The first kappa shape index (κ1) is 12.8. The van der Waals surface area contributed by atoms with Crippen molar-refractivity contribution in [3.05, 3.63) is 30.3 Å². The maximum atomic E-state index is 12.4. The van der Waals surface area contributed by atoms with E-state index in [-0.39, 0.29) is 6.04 Å². The molecule has 1 aromatic carbocycles. The fourth-order valence-corrected chi connectivity index (χ4v) is 6.39. The standard InChI is InChI=1S/C16H21NO2S/c18-20(19,12-5-2-1-3-6-12)17-16-10-11-9-15(16)14-8-4-7-13(11)14/h1-3,5-6,11,13-17H,4,7-10H2. The average molecular weight is 291 g/mol. The van der Waals surface area contributed by atoms with Crippen molar-refractivity contribution in [3.8, 4) is 0 Å². The first-order valence-electron chi connectivity index (χ1n) is 7.72. The third-order valence-electron chi connectivity index (χ3n) is 5.79. The molecule has 20 heavy (non-hydrogen) atoms. The van der Waals surface area contributed by atoms with Crippen LogP contribution < -0.4 is 4.72 Å². The van der Waals surface area contributed by atoms with Crippen molar-refractivity contribution in [1.29, 1.82) is 0 Å². The van der Waals surface area contributed by atoms with Gasteiger partial charge < -0.3 is 0 Å². The lowest BCUT2D eigenvalue weighted by atomic mass is 9.79. The predicted octanol–water partition coefficient (Wildman–Crippen LogP) is 2.79. The van der Waals surface area contributed by atoms with Crippen LogP contribution in [0.4, 0.5) is 0 Å². The summed E-state index contributed by atoms with van der Waals surface area (Å²) in [5.74, 6) is 3.05. The van der Waals surface area contributed by atoms with E-state index in [1.165, 1.54) is 25.7 Å². The van der Waals surface area contributed by atoms with Gasteiger partial charge in [-0.25, -0.2) is 13.1 Å². The highest BCUT2D eigenvalue weighted by molar-refractivity contribution is 7.89.